The second-order valence-electron chi connectivity index (χ2n) is 8.75. The van der Waals surface area contributed by atoms with Crippen molar-refractivity contribution in [2.24, 2.45) is 23.2 Å². The van der Waals surface area contributed by atoms with Crippen molar-refractivity contribution in [1.29, 1.82) is 0 Å². The van der Waals surface area contributed by atoms with Crippen molar-refractivity contribution in [2.75, 3.05) is 32.7 Å². The third-order valence-electron chi connectivity index (χ3n) is 5.89. The van der Waals surface area contributed by atoms with Crippen LogP contribution in [0.4, 0.5) is 0 Å². The van der Waals surface area contributed by atoms with E-state index in [9.17, 15) is 0 Å². The molecule has 0 radical (unpaired) electrons. The molecule has 0 bridgehead atoms. The van der Waals surface area contributed by atoms with Gasteiger partial charge in [0.25, 0.3) is 0 Å². The molecule has 0 spiro atoms. The summed E-state index contributed by atoms with van der Waals surface area (Å²) in [5.74, 6) is 2.66. The van der Waals surface area contributed by atoms with E-state index in [-0.39, 0.29) is 0 Å². The van der Waals surface area contributed by atoms with Crippen LogP contribution in [0.15, 0.2) is 0 Å². The minimum Gasteiger partial charge on any atom is -0.302 e. The third-order valence-corrected chi connectivity index (χ3v) is 5.89. The normalized spacial score (nSPS) is 25.9. The average Bonchev–Trinajstić information content (AvgIpc) is 2.31. The number of hydrogen-bond acceptors (Lipinski definition) is 2. The minimum atomic E-state index is 0.507. The summed E-state index contributed by atoms with van der Waals surface area (Å²) in [6.45, 7) is 20.9. The highest BCUT2D eigenvalue weighted by molar-refractivity contribution is 4.89. The fourth-order valence-electron chi connectivity index (χ4n) is 3.60. The van der Waals surface area contributed by atoms with Crippen LogP contribution in [0.5, 0.6) is 0 Å². The van der Waals surface area contributed by atoms with Gasteiger partial charge in [0, 0.05) is 25.7 Å². The van der Waals surface area contributed by atoms with Gasteiger partial charge in [-0.05, 0) is 56.0 Å². The van der Waals surface area contributed by atoms with Crippen LogP contribution in [0, 0.1) is 23.2 Å². The maximum Gasteiger partial charge on any atom is 0.00899 e. The molecule has 20 heavy (non-hydrogen) atoms. The molecule has 2 heterocycles. The highest BCUT2D eigenvalue weighted by Gasteiger charge is 2.36. The van der Waals surface area contributed by atoms with Gasteiger partial charge in [0.05, 0.1) is 0 Å². The molecule has 2 aliphatic heterocycles. The predicted octanol–water partition coefficient (Wildman–Crippen LogP) is 3.72. The van der Waals surface area contributed by atoms with Gasteiger partial charge in [-0.3, -0.25) is 0 Å². The maximum atomic E-state index is 2.70. The van der Waals surface area contributed by atoms with Gasteiger partial charge in [0.2, 0.25) is 0 Å². The third kappa shape index (κ3) is 3.98. The fourth-order valence-corrected chi connectivity index (χ4v) is 3.60. The molecule has 2 saturated heterocycles. The molecule has 0 unspecified atom stereocenters. The number of rotatable bonds is 4. The molecule has 2 heteroatoms. The van der Waals surface area contributed by atoms with Crippen LogP contribution in [0.1, 0.15) is 54.4 Å². The highest BCUT2D eigenvalue weighted by Crippen LogP contribution is 2.34. The van der Waals surface area contributed by atoms with E-state index in [1.807, 2.05) is 0 Å². The van der Waals surface area contributed by atoms with E-state index in [0.29, 0.717) is 5.41 Å². The molecule has 0 N–H and O–H groups in total. The lowest BCUT2D eigenvalue weighted by Gasteiger charge is -2.48. The second kappa shape index (κ2) is 6.36. The Balaban J connectivity index is 1.66. The smallest absolute Gasteiger partial charge is 0.00899 e. The molecule has 0 aromatic carbocycles. The summed E-state index contributed by atoms with van der Waals surface area (Å²) in [4.78, 5) is 5.40. The van der Waals surface area contributed by atoms with E-state index >= 15 is 0 Å². The number of nitrogens with zero attached hydrogens (tertiary/aromatic N) is 2. The Bertz CT molecular complexity index is 291. The number of piperidine rings is 1. The average molecular weight is 281 g/mol. The standard InChI is InChI=1S/C18H36N2/c1-14(2)15(3)20-9-7-16(8-10-20)11-19-12-17(13-19)18(4,5)6/h14-17H,7-13H2,1-6H3/t15-/m1/s1. The van der Waals surface area contributed by atoms with Crippen molar-refractivity contribution in [2.45, 2.75) is 60.4 Å². The SMILES string of the molecule is CC(C)[C@@H](C)N1CCC(CN2CC(C(C)(C)C)C2)CC1. The van der Waals surface area contributed by atoms with Crippen LogP contribution < -0.4 is 0 Å². The lowest BCUT2D eigenvalue weighted by Crippen LogP contribution is -2.54. The first kappa shape index (κ1) is 16.3. The fraction of sp³-hybridized carbons (Fsp3) is 1.00. The molecule has 2 nitrogen and oxygen atoms in total. The number of hydrogen-bond donors (Lipinski definition) is 0. The molecule has 0 aliphatic carbocycles. The summed E-state index contributed by atoms with van der Waals surface area (Å²) >= 11 is 0. The Labute approximate surface area is 126 Å². The summed E-state index contributed by atoms with van der Waals surface area (Å²) in [6, 6.07) is 0.755. The lowest BCUT2D eigenvalue weighted by molar-refractivity contribution is 0.00279. The van der Waals surface area contributed by atoms with E-state index in [4.69, 9.17) is 0 Å². The summed E-state index contributed by atoms with van der Waals surface area (Å²) in [5.41, 5.74) is 0.507. The van der Waals surface area contributed by atoms with Crippen LogP contribution in [0.2, 0.25) is 0 Å². The van der Waals surface area contributed by atoms with Crippen molar-refractivity contribution < 1.29 is 0 Å². The molecule has 0 saturated carbocycles. The molecular formula is C18H36N2. The Hall–Kier alpha value is -0.0800. The van der Waals surface area contributed by atoms with E-state index in [0.717, 1.165) is 23.8 Å². The molecular weight excluding hydrogens is 244 g/mol. The highest BCUT2D eigenvalue weighted by atomic mass is 15.2. The molecule has 0 aromatic heterocycles. The van der Waals surface area contributed by atoms with Crippen molar-refractivity contribution in [3.05, 3.63) is 0 Å². The molecule has 2 aliphatic rings. The Morgan fingerprint density at radius 3 is 2.00 bits per heavy atom. The van der Waals surface area contributed by atoms with E-state index in [2.05, 4.69) is 51.3 Å². The molecule has 2 rings (SSSR count). The molecule has 0 aromatic rings. The van der Waals surface area contributed by atoms with Crippen molar-refractivity contribution in [3.8, 4) is 0 Å². The lowest BCUT2D eigenvalue weighted by atomic mass is 9.75. The topological polar surface area (TPSA) is 6.48 Å². The van der Waals surface area contributed by atoms with Crippen LogP contribution in [-0.2, 0) is 0 Å². The van der Waals surface area contributed by atoms with Crippen LogP contribution in [0.25, 0.3) is 0 Å². The summed E-state index contributed by atoms with van der Waals surface area (Å²) in [6.07, 6.45) is 2.82. The van der Waals surface area contributed by atoms with Gasteiger partial charge in [-0.1, -0.05) is 34.6 Å². The first-order chi connectivity index (χ1) is 9.27. The van der Waals surface area contributed by atoms with Crippen molar-refractivity contribution in [3.63, 3.8) is 0 Å². The first-order valence-electron chi connectivity index (χ1n) is 8.73. The largest absolute Gasteiger partial charge is 0.302 e. The Morgan fingerprint density at radius 2 is 1.55 bits per heavy atom. The van der Waals surface area contributed by atoms with Crippen molar-refractivity contribution >= 4 is 0 Å². The van der Waals surface area contributed by atoms with Gasteiger partial charge in [-0.2, -0.15) is 0 Å². The van der Waals surface area contributed by atoms with Crippen LogP contribution >= 0.6 is 0 Å². The van der Waals surface area contributed by atoms with Crippen molar-refractivity contribution in [1.82, 2.24) is 9.80 Å². The molecule has 118 valence electrons. The van der Waals surface area contributed by atoms with Gasteiger partial charge >= 0.3 is 0 Å². The maximum absolute atomic E-state index is 2.70. The van der Waals surface area contributed by atoms with E-state index in [1.165, 1.54) is 45.6 Å². The number of likely N-dealkylation sites (tertiary alicyclic amines) is 2. The first-order valence-corrected chi connectivity index (χ1v) is 8.73. The molecule has 0 amide bonds. The van der Waals surface area contributed by atoms with Gasteiger partial charge in [0.15, 0.2) is 0 Å². The Kier molecular flexibility index (Phi) is 5.18. The minimum absolute atomic E-state index is 0.507. The molecule has 1 atom stereocenters. The summed E-state index contributed by atoms with van der Waals surface area (Å²) < 4.78 is 0. The van der Waals surface area contributed by atoms with E-state index in [1.54, 1.807) is 0 Å². The Morgan fingerprint density at radius 1 is 1.00 bits per heavy atom. The monoisotopic (exact) mass is 280 g/mol. The zero-order chi connectivity index (χ0) is 14.9. The van der Waals surface area contributed by atoms with Gasteiger partial charge < -0.3 is 9.80 Å². The van der Waals surface area contributed by atoms with Crippen LogP contribution in [-0.4, -0.2) is 48.6 Å². The van der Waals surface area contributed by atoms with Crippen LogP contribution in [0.3, 0.4) is 0 Å². The predicted molar refractivity (Wildman–Crippen MR) is 88.0 cm³/mol. The quantitative estimate of drug-likeness (QED) is 0.774. The van der Waals surface area contributed by atoms with Gasteiger partial charge in [0.1, 0.15) is 0 Å². The second-order valence-corrected chi connectivity index (χ2v) is 8.75. The summed E-state index contributed by atoms with van der Waals surface area (Å²) in [5, 5.41) is 0. The van der Waals surface area contributed by atoms with Gasteiger partial charge in [-0.25, -0.2) is 0 Å². The van der Waals surface area contributed by atoms with E-state index < -0.39 is 0 Å². The molecule has 2 fully saturated rings. The van der Waals surface area contributed by atoms with Gasteiger partial charge in [-0.15, -0.1) is 0 Å². The summed E-state index contributed by atoms with van der Waals surface area (Å²) in [7, 11) is 0. The zero-order valence-corrected chi connectivity index (χ0v) is 14.7. The zero-order valence-electron chi connectivity index (χ0n) is 14.7.